The van der Waals surface area contributed by atoms with Gasteiger partial charge in [0.25, 0.3) is 5.91 Å². The van der Waals surface area contributed by atoms with E-state index in [-0.39, 0.29) is 11.9 Å². The van der Waals surface area contributed by atoms with Gasteiger partial charge in [0, 0.05) is 5.02 Å². The van der Waals surface area contributed by atoms with Gasteiger partial charge >= 0.3 is 0 Å². The first kappa shape index (κ1) is 14.7. The fourth-order valence-corrected chi connectivity index (χ4v) is 3.40. The van der Waals surface area contributed by atoms with Crippen molar-refractivity contribution in [2.45, 2.75) is 31.4 Å². The third-order valence-corrected chi connectivity index (χ3v) is 4.70. The highest BCUT2D eigenvalue weighted by atomic mass is 35.5. The van der Waals surface area contributed by atoms with Crippen molar-refractivity contribution in [1.82, 2.24) is 5.32 Å². The number of hydrogen-bond donors (Lipinski definition) is 2. The number of hydrogen-bond acceptors (Lipinski definition) is 3. The van der Waals surface area contributed by atoms with E-state index in [1.807, 2.05) is 19.1 Å². The maximum atomic E-state index is 12.2. The highest BCUT2D eigenvalue weighted by molar-refractivity contribution is 7.99. The van der Waals surface area contributed by atoms with Crippen LogP contribution in [0, 0.1) is 0 Å². The molecule has 0 saturated carbocycles. The molecule has 1 unspecified atom stereocenters. The molecule has 0 spiro atoms. The molecule has 1 aliphatic rings. The van der Waals surface area contributed by atoms with Crippen LogP contribution >= 0.6 is 23.4 Å². The topological polar surface area (TPSA) is 49.3 Å². The first-order chi connectivity index (χ1) is 9.01. The second-order valence-electron chi connectivity index (χ2n) is 4.89. The van der Waals surface area contributed by atoms with Crippen molar-refractivity contribution in [1.29, 1.82) is 0 Å². The maximum Gasteiger partial charge on any atom is 0.252 e. The first-order valence-electron chi connectivity index (χ1n) is 6.38. The Hall–Kier alpha value is -0.710. The lowest BCUT2D eigenvalue weighted by Gasteiger charge is -2.31. The van der Waals surface area contributed by atoms with Crippen LogP contribution in [0.3, 0.4) is 0 Å². The summed E-state index contributed by atoms with van der Waals surface area (Å²) in [7, 11) is 0. The fraction of sp³-hybridized carbons (Fsp3) is 0.500. The number of amides is 1. The molecular weight excluding hydrogens is 282 g/mol. The monoisotopic (exact) mass is 299 g/mol. The van der Waals surface area contributed by atoms with E-state index < -0.39 is 5.60 Å². The average Bonchev–Trinajstić information content (AvgIpc) is 2.40. The largest absolute Gasteiger partial charge is 0.380 e. The van der Waals surface area contributed by atoms with Crippen LogP contribution in [0.15, 0.2) is 24.3 Å². The van der Waals surface area contributed by atoms with Crippen LogP contribution in [0.25, 0.3) is 0 Å². The number of carbonyl (C=O) groups is 1. The second-order valence-corrected chi connectivity index (χ2v) is 6.55. The van der Waals surface area contributed by atoms with Crippen LogP contribution in [0.4, 0.5) is 0 Å². The van der Waals surface area contributed by atoms with Crippen molar-refractivity contribution in [3.05, 3.63) is 34.9 Å². The van der Waals surface area contributed by atoms with Gasteiger partial charge in [-0.3, -0.25) is 4.79 Å². The highest BCUT2D eigenvalue weighted by Crippen LogP contribution is 2.28. The molecule has 1 fully saturated rings. The summed E-state index contributed by atoms with van der Waals surface area (Å²) >= 11 is 7.61. The first-order valence-corrected chi connectivity index (χ1v) is 7.91. The van der Waals surface area contributed by atoms with Gasteiger partial charge in [0.2, 0.25) is 0 Å². The zero-order chi connectivity index (χ0) is 13.9. The predicted octanol–water partition coefficient (Wildman–Crippen LogP) is 2.78. The minimum absolute atomic E-state index is 0.136. The molecule has 5 heteroatoms. The lowest BCUT2D eigenvalue weighted by molar-refractivity contribution is -0.141. The van der Waals surface area contributed by atoms with Crippen LogP contribution in [0.5, 0.6) is 0 Å². The number of thioether (sulfide) groups is 1. The van der Waals surface area contributed by atoms with Crippen LogP contribution in [-0.2, 0) is 4.79 Å². The van der Waals surface area contributed by atoms with E-state index in [4.69, 9.17) is 11.6 Å². The Morgan fingerprint density at radius 3 is 2.53 bits per heavy atom. The molecule has 1 aromatic carbocycles. The van der Waals surface area contributed by atoms with E-state index in [0.29, 0.717) is 17.9 Å². The van der Waals surface area contributed by atoms with Crippen molar-refractivity contribution < 1.29 is 9.90 Å². The Bertz CT molecular complexity index is 443. The van der Waals surface area contributed by atoms with E-state index in [1.165, 1.54) is 0 Å². The number of rotatable bonds is 3. The van der Waals surface area contributed by atoms with E-state index in [0.717, 1.165) is 17.1 Å². The molecule has 1 aromatic rings. The quantitative estimate of drug-likeness (QED) is 0.902. The Morgan fingerprint density at radius 1 is 1.37 bits per heavy atom. The van der Waals surface area contributed by atoms with Crippen molar-refractivity contribution in [2.24, 2.45) is 0 Å². The molecule has 1 heterocycles. The van der Waals surface area contributed by atoms with E-state index >= 15 is 0 Å². The lowest BCUT2D eigenvalue weighted by Crippen LogP contribution is -2.49. The summed E-state index contributed by atoms with van der Waals surface area (Å²) in [5.41, 5.74) is -0.224. The Kier molecular flexibility index (Phi) is 4.76. The molecule has 104 valence electrons. The fourth-order valence-electron chi connectivity index (χ4n) is 2.10. The molecule has 0 radical (unpaired) electrons. The smallest absolute Gasteiger partial charge is 0.252 e. The zero-order valence-corrected chi connectivity index (χ0v) is 12.4. The molecule has 3 nitrogen and oxygen atoms in total. The summed E-state index contributed by atoms with van der Waals surface area (Å²) in [6.07, 6.45) is 1.05. The van der Waals surface area contributed by atoms with Crippen LogP contribution in [0.1, 0.15) is 31.4 Å². The Balaban J connectivity index is 2.00. The van der Waals surface area contributed by atoms with Crippen molar-refractivity contribution in [3.63, 3.8) is 0 Å². The molecular formula is C14H18ClNO2S. The minimum Gasteiger partial charge on any atom is -0.380 e. The third kappa shape index (κ3) is 3.65. The lowest BCUT2D eigenvalue weighted by atomic mass is 9.95. The third-order valence-electron chi connectivity index (χ3n) is 3.46. The molecule has 1 atom stereocenters. The summed E-state index contributed by atoms with van der Waals surface area (Å²) in [4.78, 5) is 12.2. The number of halogens is 1. The van der Waals surface area contributed by atoms with Crippen molar-refractivity contribution >= 4 is 29.3 Å². The summed E-state index contributed by atoms with van der Waals surface area (Å²) in [6.45, 7) is 1.90. The normalized spacial score (nSPS) is 19.7. The standard InChI is InChI=1S/C14H18ClNO2S/c1-10(11-2-4-12(15)5-3-11)16-13(17)14(18)6-8-19-9-7-14/h2-5,10,18H,6-9H2,1H3,(H,16,17). The summed E-state index contributed by atoms with van der Waals surface area (Å²) in [5, 5.41) is 13.9. The van der Waals surface area contributed by atoms with Gasteiger partial charge in [-0.2, -0.15) is 11.8 Å². The van der Waals surface area contributed by atoms with E-state index in [2.05, 4.69) is 5.32 Å². The molecule has 19 heavy (non-hydrogen) atoms. The average molecular weight is 300 g/mol. The molecule has 1 amide bonds. The van der Waals surface area contributed by atoms with Gasteiger partial charge in [0.05, 0.1) is 6.04 Å². The Morgan fingerprint density at radius 2 is 1.95 bits per heavy atom. The molecule has 2 rings (SSSR count). The molecule has 2 N–H and O–H groups in total. The molecule has 1 saturated heterocycles. The molecule has 0 bridgehead atoms. The second kappa shape index (κ2) is 6.16. The summed E-state index contributed by atoms with van der Waals surface area (Å²) < 4.78 is 0. The van der Waals surface area contributed by atoms with Gasteiger partial charge < -0.3 is 10.4 Å². The number of aliphatic hydroxyl groups is 1. The van der Waals surface area contributed by atoms with Gasteiger partial charge in [0.15, 0.2) is 0 Å². The zero-order valence-electron chi connectivity index (χ0n) is 10.9. The van der Waals surface area contributed by atoms with Gasteiger partial charge in [0.1, 0.15) is 5.60 Å². The number of benzene rings is 1. The van der Waals surface area contributed by atoms with Crippen molar-refractivity contribution in [2.75, 3.05) is 11.5 Å². The maximum absolute atomic E-state index is 12.2. The van der Waals surface area contributed by atoms with Crippen LogP contribution in [0.2, 0.25) is 5.02 Å². The molecule has 0 aromatic heterocycles. The number of carbonyl (C=O) groups excluding carboxylic acids is 1. The van der Waals surface area contributed by atoms with Gasteiger partial charge in [-0.1, -0.05) is 23.7 Å². The number of nitrogens with one attached hydrogen (secondary N) is 1. The van der Waals surface area contributed by atoms with Gasteiger partial charge in [-0.05, 0) is 49.0 Å². The van der Waals surface area contributed by atoms with Crippen LogP contribution in [-0.4, -0.2) is 28.1 Å². The predicted molar refractivity (Wildman–Crippen MR) is 79.5 cm³/mol. The molecule has 0 aliphatic carbocycles. The summed E-state index contributed by atoms with van der Waals surface area (Å²) in [6, 6.07) is 7.22. The SMILES string of the molecule is CC(NC(=O)C1(O)CCSCC1)c1ccc(Cl)cc1. The van der Waals surface area contributed by atoms with E-state index in [9.17, 15) is 9.90 Å². The van der Waals surface area contributed by atoms with Crippen molar-refractivity contribution in [3.8, 4) is 0 Å². The van der Waals surface area contributed by atoms with Crippen LogP contribution < -0.4 is 5.32 Å². The Labute approximate surface area is 122 Å². The summed E-state index contributed by atoms with van der Waals surface area (Å²) in [5.74, 6) is 1.40. The van der Waals surface area contributed by atoms with Gasteiger partial charge in [-0.15, -0.1) is 0 Å². The van der Waals surface area contributed by atoms with E-state index in [1.54, 1.807) is 23.9 Å². The minimum atomic E-state index is -1.20. The highest BCUT2D eigenvalue weighted by Gasteiger charge is 2.37. The van der Waals surface area contributed by atoms with Gasteiger partial charge in [-0.25, -0.2) is 0 Å². The molecule has 1 aliphatic heterocycles.